The van der Waals surface area contributed by atoms with Gasteiger partial charge in [0.2, 0.25) is 0 Å². The first-order valence-electron chi connectivity index (χ1n) is 6.68. The number of hydrogen-bond acceptors (Lipinski definition) is 3. The minimum atomic E-state index is 0.0259. The lowest BCUT2D eigenvalue weighted by Crippen LogP contribution is -2.25. The second-order valence-electron chi connectivity index (χ2n) is 4.83. The third-order valence-corrected chi connectivity index (χ3v) is 3.95. The van der Waals surface area contributed by atoms with Gasteiger partial charge in [0.05, 0.1) is 13.1 Å². The van der Waals surface area contributed by atoms with E-state index in [9.17, 15) is 4.79 Å². The molecule has 1 heterocycles. The van der Waals surface area contributed by atoms with Gasteiger partial charge in [0.1, 0.15) is 0 Å². The van der Waals surface area contributed by atoms with Crippen molar-refractivity contribution >= 4 is 17.2 Å². The second kappa shape index (κ2) is 7.07. The predicted molar refractivity (Wildman–Crippen MR) is 87.2 cm³/mol. The van der Waals surface area contributed by atoms with Gasteiger partial charge in [0, 0.05) is 28.4 Å². The van der Waals surface area contributed by atoms with Gasteiger partial charge in [-0.25, -0.2) is 0 Å². The van der Waals surface area contributed by atoms with E-state index in [0.717, 1.165) is 16.0 Å². The minimum absolute atomic E-state index is 0.0259. The Bertz CT molecular complexity index is 677. The summed E-state index contributed by atoms with van der Waals surface area (Å²) in [6, 6.07) is 9.63. The lowest BCUT2D eigenvalue weighted by Gasteiger charge is -2.16. The van der Waals surface area contributed by atoms with Crippen molar-refractivity contribution in [2.75, 3.05) is 13.6 Å². The first-order chi connectivity index (χ1) is 10.1. The number of aryl methyl sites for hydroxylation is 1. The molecule has 0 bridgehead atoms. The van der Waals surface area contributed by atoms with E-state index in [1.54, 1.807) is 16.2 Å². The molecule has 21 heavy (non-hydrogen) atoms. The average molecular weight is 298 g/mol. The average Bonchev–Trinajstić information content (AvgIpc) is 2.92. The largest absolute Gasteiger partial charge is 0.337 e. The van der Waals surface area contributed by atoms with E-state index in [-0.39, 0.29) is 5.91 Å². The number of nitrogens with zero attached hydrogens (tertiary/aromatic N) is 1. The Balaban J connectivity index is 2.03. The zero-order chi connectivity index (χ0) is 15.2. The highest BCUT2D eigenvalue weighted by Crippen LogP contribution is 2.17. The molecule has 0 saturated heterocycles. The van der Waals surface area contributed by atoms with Crippen LogP contribution in [-0.4, -0.2) is 24.4 Å². The quantitative estimate of drug-likeness (QED) is 0.886. The van der Waals surface area contributed by atoms with Crippen LogP contribution >= 0.6 is 11.3 Å². The van der Waals surface area contributed by atoms with Crippen molar-refractivity contribution in [3.8, 4) is 11.8 Å². The Morgan fingerprint density at radius 2 is 2.05 bits per heavy atom. The van der Waals surface area contributed by atoms with Crippen molar-refractivity contribution in [3.63, 3.8) is 0 Å². The molecule has 0 saturated carbocycles. The smallest absolute Gasteiger partial charge is 0.253 e. The number of carbonyl (C=O) groups excluding carboxylic acids is 1. The number of carbonyl (C=O) groups is 1. The molecule has 3 nitrogen and oxygen atoms in total. The molecule has 0 spiro atoms. The van der Waals surface area contributed by atoms with Gasteiger partial charge in [0.25, 0.3) is 5.91 Å². The van der Waals surface area contributed by atoms with Gasteiger partial charge >= 0.3 is 0 Å². The highest BCUT2D eigenvalue weighted by atomic mass is 32.1. The third kappa shape index (κ3) is 4.19. The van der Waals surface area contributed by atoms with E-state index >= 15 is 0 Å². The number of thiophene rings is 1. The van der Waals surface area contributed by atoms with Crippen molar-refractivity contribution in [1.29, 1.82) is 0 Å². The maximum Gasteiger partial charge on any atom is 0.253 e. The van der Waals surface area contributed by atoms with Gasteiger partial charge in [-0.2, -0.15) is 0 Å². The van der Waals surface area contributed by atoms with E-state index in [0.29, 0.717) is 18.7 Å². The molecule has 4 heteroatoms. The Hall–Kier alpha value is -2.09. The molecule has 2 N–H and O–H groups in total. The first-order valence-corrected chi connectivity index (χ1v) is 7.56. The molecular formula is C17H18N2OS. The zero-order valence-corrected chi connectivity index (χ0v) is 13.0. The van der Waals surface area contributed by atoms with Gasteiger partial charge in [-0.3, -0.25) is 4.79 Å². The number of nitrogens with two attached hydrogens (primary N) is 1. The molecule has 2 aromatic rings. The molecular weight excluding hydrogens is 280 g/mol. The summed E-state index contributed by atoms with van der Waals surface area (Å²) < 4.78 is 0. The van der Waals surface area contributed by atoms with E-state index in [1.165, 1.54) is 0 Å². The topological polar surface area (TPSA) is 46.3 Å². The molecule has 0 aliphatic carbocycles. The highest BCUT2D eigenvalue weighted by Gasteiger charge is 2.12. The van der Waals surface area contributed by atoms with Crippen molar-refractivity contribution in [2.24, 2.45) is 5.73 Å². The van der Waals surface area contributed by atoms with Crippen LogP contribution in [0.1, 0.15) is 26.4 Å². The number of rotatable bonds is 3. The molecule has 0 aliphatic heterocycles. The normalized spacial score (nSPS) is 9.86. The van der Waals surface area contributed by atoms with Crippen LogP contribution in [0.5, 0.6) is 0 Å². The van der Waals surface area contributed by atoms with Gasteiger partial charge in [0.15, 0.2) is 0 Å². The van der Waals surface area contributed by atoms with Gasteiger partial charge in [-0.1, -0.05) is 29.5 Å². The van der Waals surface area contributed by atoms with Crippen molar-refractivity contribution in [2.45, 2.75) is 13.5 Å². The summed E-state index contributed by atoms with van der Waals surface area (Å²) in [7, 11) is 1.81. The molecule has 108 valence electrons. The summed E-state index contributed by atoms with van der Waals surface area (Å²) in [4.78, 5) is 15.2. The molecule has 0 fully saturated rings. The van der Waals surface area contributed by atoms with Crippen LogP contribution in [0.3, 0.4) is 0 Å². The van der Waals surface area contributed by atoms with Crippen LogP contribution in [0, 0.1) is 18.8 Å². The summed E-state index contributed by atoms with van der Waals surface area (Å²) in [6.45, 7) is 2.95. The standard InChI is InChI=1S/C17H18N2OS/c1-13-5-7-15(8-6-13)17(20)19(2)11-16-10-14(12-21-16)4-3-9-18/h5-8,10,12H,9,11,18H2,1-2H3. The molecule has 1 amide bonds. The van der Waals surface area contributed by atoms with Crippen molar-refractivity contribution in [1.82, 2.24) is 4.90 Å². The Morgan fingerprint density at radius 1 is 1.33 bits per heavy atom. The van der Waals surface area contributed by atoms with E-state index in [1.807, 2.05) is 49.7 Å². The van der Waals surface area contributed by atoms with Crippen LogP contribution in [0.25, 0.3) is 0 Å². The lowest BCUT2D eigenvalue weighted by molar-refractivity contribution is 0.0786. The second-order valence-corrected chi connectivity index (χ2v) is 5.83. The minimum Gasteiger partial charge on any atom is -0.337 e. The first kappa shape index (κ1) is 15.3. The number of amides is 1. The summed E-state index contributed by atoms with van der Waals surface area (Å²) in [5.41, 5.74) is 8.17. The summed E-state index contributed by atoms with van der Waals surface area (Å²) in [6.07, 6.45) is 0. The highest BCUT2D eigenvalue weighted by molar-refractivity contribution is 7.10. The summed E-state index contributed by atoms with van der Waals surface area (Å²) in [5, 5.41) is 1.99. The number of benzene rings is 1. The van der Waals surface area contributed by atoms with Gasteiger partial charge in [-0.05, 0) is 25.1 Å². The third-order valence-electron chi connectivity index (χ3n) is 3.03. The maximum atomic E-state index is 12.3. The van der Waals surface area contributed by atoms with E-state index in [2.05, 4.69) is 11.8 Å². The number of hydrogen-bond donors (Lipinski definition) is 1. The van der Waals surface area contributed by atoms with Crippen LogP contribution in [0.2, 0.25) is 0 Å². The van der Waals surface area contributed by atoms with Gasteiger partial charge < -0.3 is 10.6 Å². The Morgan fingerprint density at radius 3 is 2.71 bits per heavy atom. The molecule has 1 aromatic carbocycles. The van der Waals surface area contributed by atoms with Gasteiger partial charge in [-0.15, -0.1) is 11.3 Å². The molecule has 0 radical (unpaired) electrons. The van der Waals surface area contributed by atoms with Crippen molar-refractivity contribution < 1.29 is 4.79 Å². The zero-order valence-electron chi connectivity index (χ0n) is 12.2. The molecule has 1 aromatic heterocycles. The fourth-order valence-corrected chi connectivity index (χ4v) is 2.77. The van der Waals surface area contributed by atoms with Crippen LogP contribution < -0.4 is 5.73 Å². The molecule has 0 atom stereocenters. The van der Waals surface area contributed by atoms with E-state index in [4.69, 9.17) is 5.73 Å². The molecule has 0 unspecified atom stereocenters. The van der Waals surface area contributed by atoms with Crippen LogP contribution in [0.15, 0.2) is 35.7 Å². The van der Waals surface area contributed by atoms with Crippen LogP contribution in [-0.2, 0) is 6.54 Å². The lowest BCUT2D eigenvalue weighted by atomic mass is 10.1. The van der Waals surface area contributed by atoms with E-state index < -0.39 is 0 Å². The Labute approximate surface area is 129 Å². The Kier molecular flexibility index (Phi) is 5.15. The summed E-state index contributed by atoms with van der Waals surface area (Å²) in [5.74, 6) is 5.85. The predicted octanol–water partition coefficient (Wildman–Crippen LogP) is 2.64. The van der Waals surface area contributed by atoms with Crippen molar-refractivity contribution in [3.05, 3.63) is 57.3 Å². The monoisotopic (exact) mass is 298 g/mol. The van der Waals surface area contributed by atoms with Crippen LogP contribution in [0.4, 0.5) is 0 Å². The SMILES string of the molecule is Cc1ccc(C(=O)N(C)Cc2cc(C#CCN)cs2)cc1. The fourth-order valence-electron chi connectivity index (χ4n) is 1.90. The maximum absolute atomic E-state index is 12.3. The summed E-state index contributed by atoms with van der Waals surface area (Å²) >= 11 is 1.61. The molecule has 0 aliphatic rings. The molecule has 2 rings (SSSR count). The fraction of sp³-hybridized carbons (Fsp3) is 0.235.